The zero-order chi connectivity index (χ0) is 16.0. The molecule has 5 nitrogen and oxygen atoms in total. The van der Waals surface area contributed by atoms with Gasteiger partial charge in [-0.1, -0.05) is 18.2 Å². The van der Waals surface area contributed by atoms with E-state index in [2.05, 4.69) is 38.9 Å². The Bertz CT molecular complexity index is 827. The van der Waals surface area contributed by atoms with Gasteiger partial charge >= 0.3 is 0 Å². The Morgan fingerprint density at radius 1 is 1.30 bits per heavy atom. The number of H-pyrrole nitrogens is 1. The highest BCUT2D eigenvalue weighted by molar-refractivity contribution is 7.89. The maximum Gasteiger partial charge on any atom is 0.211 e. The normalized spacial score (nSPS) is 25.3. The largest absolute Gasteiger partial charge is 0.357 e. The van der Waals surface area contributed by atoms with Crippen molar-refractivity contribution < 1.29 is 8.42 Å². The van der Waals surface area contributed by atoms with Crippen LogP contribution < -0.4 is 4.72 Å². The number of sulfonamides is 1. The summed E-state index contributed by atoms with van der Waals surface area (Å²) in [6.45, 7) is 3.71. The fraction of sp³-hybridized carbons (Fsp3) is 0.529. The maximum absolute atomic E-state index is 11.9. The molecule has 1 fully saturated rings. The van der Waals surface area contributed by atoms with E-state index in [1.54, 1.807) is 6.92 Å². The van der Waals surface area contributed by atoms with Crippen LogP contribution in [0.4, 0.5) is 0 Å². The lowest BCUT2D eigenvalue weighted by molar-refractivity contribution is 0.120. The van der Waals surface area contributed by atoms with Gasteiger partial charge in [-0.15, -0.1) is 0 Å². The van der Waals surface area contributed by atoms with Crippen LogP contribution in [0.2, 0.25) is 0 Å². The van der Waals surface area contributed by atoms with Crippen LogP contribution >= 0.6 is 0 Å². The molecule has 0 bridgehead atoms. The molecule has 0 radical (unpaired) electrons. The first-order chi connectivity index (χ1) is 11.1. The first kappa shape index (κ1) is 15.2. The molecule has 2 aliphatic heterocycles. The maximum atomic E-state index is 11.9. The van der Waals surface area contributed by atoms with E-state index in [-0.39, 0.29) is 11.8 Å². The number of benzene rings is 1. The number of aromatic amines is 1. The summed E-state index contributed by atoms with van der Waals surface area (Å²) in [5.74, 6) is 0.148. The second-order valence-electron chi connectivity index (χ2n) is 6.61. The third kappa shape index (κ3) is 2.69. The Balaban J connectivity index is 1.65. The molecule has 0 amide bonds. The molecule has 0 saturated carbocycles. The molecule has 0 aliphatic carbocycles. The van der Waals surface area contributed by atoms with Crippen LogP contribution in [0, 0.1) is 0 Å². The lowest BCUT2D eigenvalue weighted by atomic mass is 9.89. The molecule has 124 valence electrons. The highest BCUT2D eigenvalue weighted by atomic mass is 32.2. The van der Waals surface area contributed by atoms with Gasteiger partial charge in [-0.2, -0.15) is 0 Å². The van der Waals surface area contributed by atoms with E-state index < -0.39 is 10.0 Å². The van der Waals surface area contributed by atoms with E-state index in [1.165, 1.54) is 22.2 Å². The summed E-state index contributed by atoms with van der Waals surface area (Å²) < 4.78 is 26.6. The Kier molecular flexibility index (Phi) is 3.70. The lowest BCUT2D eigenvalue weighted by Crippen LogP contribution is -2.48. The minimum Gasteiger partial charge on any atom is -0.357 e. The van der Waals surface area contributed by atoms with E-state index in [1.807, 2.05) is 0 Å². The van der Waals surface area contributed by atoms with E-state index in [0.717, 1.165) is 32.4 Å². The monoisotopic (exact) mass is 333 g/mol. The van der Waals surface area contributed by atoms with E-state index >= 15 is 0 Å². The van der Waals surface area contributed by atoms with Crippen LogP contribution in [-0.4, -0.2) is 43.2 Å². The van der Waals surface area contributed by atoms with Crippen molar-refractivity contribution in [1.29, 1.82) is 0 Å². The molecule has 0 spiro atoms. The lowest BCUT2D eigenvalue weighted by Gasteiger charge is -2.42. The highest BCUT2D eigenvalue weighted by Crippen LogP contribution is 2.39. The van der Waals surface area contributed by atoms with Gasteiger partial charge in [0.15, 0.2) is 0 Å². The molecule has 2 aromatic rings. The number of aromatic nitrogens is 1. The summed E-state index contributed by atoms with van der Waals surface area (Å²) in [4.78, 5) is 6.09. The van der Waals surface area contributed by atoms with E-state index in [4.69, 9.17) is 0 Å². The molecular weight excluding hydrogens is 310 g/mol. The van der Waals surface area contributed by atoms with Gasteiger partial charge in [0.2, 0.25) is 10.0 Å². The van der Waals surface area contributed by atoms with Crippen molar-refractivity contribution >= 4 is 20.9 Å². The predicted molar refractivity (Wildman–Crippen MR) is 91.9 cm³/mol. The smallest absolute Gasteiger partial charge is 0.211 e. The average molecular weight is 333 g/mol. The van der Waals surface area contributed by atoms with Crippen LogP contribution in [0.15, 0.2) is 24.3 Å². The van der Waals surface area contributed by atoms with Gasteiger partial charge in [0, 0.05) is 35.7 Å². The molecule has 4 rings (SSSR count). The van der Waals surface area contributed by atoms with Crippen LogP contribution in [0.25, 0.3) is 10.9 Å². The SMILES string of the molecule is CCS(=O)(=O)NC1CCN2CCc3c([nH]c4ccccc34)C2C1. The second kappa shape index (κ2) is 5.61. The fourth-order valence-electron chi connectivity index (χ4n) is 4.06. The molecule has 2 aliphatic rings. The van der Waals surface area contributed by atoms with Crippen LogP contribution in [0.3, 0.4) is 0 Å². The van der Waals surface area contributed by atoms with Gasteiger partial charge in [0.05, 0.1) is 11.8 Å². The molecule has 6 heteroatoms. The van der Waals surface area contributed by atoms with Gasteiger partial charge in [0.25, 0.3) is 0 Å². The Morgan fingerprint density at radius 2 is 2.13 bits per heavy atom. The summed E-state index contributed by atoms with van der Waals surface area (Å²) in [5.41, 5.74) is 3.90. The van der Waals surface area contributed by atoms with Gasteiger partial charge in [-0.05, 0) is 37.8 Å². The van der Waals surface area contributed by atoms with Crippen molar-refractivity contribution in [2.45, 2.75) is 38.3 Å². The molecule has 1 aromatic heterocycles. The fourth-order valence-corrected chi connectivity index (χ4v) is 4.94. The van der Waals surface area contributed by atoms with E-state index in [9.17, 15) is 8.42 Å². The number of hydrogen-bond acceptors (Lipinski definition) is 3. The van der Waals surface area contributed by atoms with Crippen molar-refractivity contribution in [2.75, 3.05) is 18.8 Å². The molecule has 23 heavy (non-hydrogen) atoms. The summed E-state index contributed by atoms with van der Waals surface area (Å²) in [6, 6.07) is 8.78. The molecule has 2 unspecified atom stereocenters. The first-order valence-corrected chi connectivity index (χ1v) is 10.1. The van der Waals surface area contributed by atoms with Crippen LogP contribution in [0.5, 0.6) is 0 Å². The number of piperidine rings is 1. The predicted octanol–water partition coefficient (Wildman–Crippen LogP) is 2.17. The molecule has 2 N–H and O–H groups in total. The van der Waals surface area contributed by atoms with Gasteiger partial charge in [0.1, 0.15) is 0 Å². The van der Waals surface area contributed by atoms with Crippen molar-refractivity contribution in [3.8, 4) is 0 Å². The number of hydrogen-bond donors (Lipinski definition) is 2. The number of para-hydroxylation sites is 1. The molecule has 1 aromatic carbocycles. The quantitative estimate of drug-likeness (QED) is 0.905. The van der Waals surface area contributed by atoms with Gasteiger partial charge < -0.3 is 4.98 Å². The van der Waals surface area contributed by atoms with Crippen molar-refractivity contribution in [3.63, 3.8) is 0 Å². The minimum absolute atomic E-state index is 0.0403. The second-order valence-corrected chi connectivity index (χ2v) is 8.65. The summed E-state index contributed by atoms with van der Waals surface area (Å²) >= 11 is 0. The van der Waals surface area contributed by atoms with Crippen molar-refractivity contribution in [2.24, 2.45) is 0 Å². The van der Waals surface area contributed by atoms with Crippen molar-refractivity contribution in [1.82, 2.24) is 14.6 Å². The zero-order valence-electron chi connectivity index (χ0n) is 13.4. The first-order valence-electron chi connectivity index (χ1n) is 8.41. The van der Waals surface area contributed by atoms with Crippen LogP contribution in [0.1, 0.15) is 37.1 Å². The third-order valence-electron chi connectivity index (χ3n) is 5.27. The zero-order valence-corrected chi connectivity index (χ0v) is 14.2. The van der Waals surface area contributed by atoms with Crippen molar-refractivity contribution in [3.05, 3.63) is 35.5 Å². The number of fused-ring (bicyclic) bond motifs is 5. The highest BCUT2D eigenvalue weighted by Gasteiger charge is 2.36. The van der Waals surface area contributed by atoms with Gasteiger partial charge in [-0.25, -0.2) is 13.1 Å². The Labute approximate surface area is 137 Å². The number of nitrogens with zero attached hydrogens (tertiary/aromatic N) is 1. The number of rotatable bonds is 3. The molecule has 3 heterocycles. The standard InChI is InChI=1S/C17H23N3O2S/c1-2-23(21,22)19-12-7-9-20-10-8-14-13-5-3-4-6-15(13)18-17(14)16(20)11-12/h3-6,12,16,18-19H,2,7-11H2,1H3. The summed E-state index contributed by atoms with van der Waals surface area (Å²) in [6.07, 6.45) is 2.81. The van der Waals surface area contributed by atoms with Gasteiger partial charge in [-0.3, -0.25) is 4.90 Å². The summed E-state index contributed by atoms with van der Waals surface area (Å²) in [7, 11) is -3.14. The Hall–Kier alpha value is -1.37. The number of nitrogens with one attached hydrogen (secondary N) is 2. The minimum atomic E-state index is -3.14. The molecule has 2 atom stereocenters. The van der Waals surface area contributed by atoms with E-state index in [0.29, 0.717) is 6.04 Å². The topological polar surface area (TPSA) is 65.2 Å². The Morgan fingerprint density at radius 3 is 2.96 bits per heavy atom. The average Bonchev–Trinajstić information content (AvgIpc) is 2.94. The molecular formula is C17H23N3O2S. The van der Waals surface area contributed by atoms with Crippen LogP contribution in [-0.2, 0) is 16.4 Å². The molecule has 1 saturated heterocycles. The summed E-state index contributed by atoms with van der Waals surface area (Å²) in [5, 5.41) is 1.32. The third-order valence-corrected chi connectivity index (χ3v) is 6.72.